The Balaban J connectivity index is 1.53. The van der Waals surface area contributed by atoms with Crippen molar-refractivity contribution in [2.24, 2.45) is 0 Å². The van der Waals surface area contributed by atoms with E-state index in [2.05, 4.69) is 10.6 Å². The summed E-state index contributed by atoms with van der Waals surface area (Å²) < 4.78 is 16.6. The lowest BCUT2D eigenvalue weighted by Gasteiger charge is -2.07. The number of ether oxygens (including phenoxy) is 2. The zero-order chi connectivity index (χ0) is 20.6. The number of rotatable bonds is 8. The Morgan fingerprint density at radius 3 is 2.00 bits per heavy atom. The first-order chi connectivity index (χ1) is 14.0. The van der Waals surface area contributed by atoms with Crippen molar-refractivity contribution < 1.29 is 23.5 Å². The van der Waals surface area contributed by atoms with Crippen LogP contribution in [0.1, 0.15) is 30.2 Å². The smallest absolute Gasteiger partial charge is 0.291 e. The third-order valence-corrected chi connectivity index (χ3v) is 3.86. The zero-order valence-electron chi connectivity index (χ0n) is 16.2. The molecular weight excluding hydrogens is 372 g/mol. The van der Waals surface area contributed by atoms with Gasteiger partial charge in [0, 0.05) is 18.3 Å². The number of furan rings is 1. The standard InChI is InChI=1S/C22H22N2O5/c1-3-27-18-8-10-19(11-9-18)28-14-20-12-13-21(29-20)22(26)24-17-6-4-16(5-7-17)23-15(2)25/h4-13H,3,14H2,1-2H3,(H,23,25)(H,24,26). The topological polar surface area (TPSA) is 89.8 Å². The molecule has 3 rings (SSSR count). The summed E-state index contributed by atoms with van der Waals surface area (Å²) in [6.07, 6.45) is 0. The van der Waals surface area contributed by atoms with E-state index in [1.807, 2.05) is 31.2 Å². The van der Waals surface area contributed by atoms with E-state index in [4.69, 9.17) is 13.9 Å². The van der Waals surface area contributed by atoms with Crippen LogP contribution in [-0.4, -0.2) is 18.4 Å². The van der Waals surface area contributed by atoms with Crippen molar-refractivity contribution in [3.8, 4) is 11.5 Å². The molecule has 0 aliphatic rings. The fourth-order valence-corrected chi connectivity index (χ4v) is 2.56. The Morgan fingerprint density at radius 1 is 0.828 bits per heavy atom. The fourth-order valence-electron chi connectivity index (χ4n) is 2.56. The molecule has 0 aliphatic heterocycles. The number of carbonyl (C=O) groups is 2. The first-order valence-corrected chi connectivity index (χ1v) is 9.17. The Hall–Kier alpha value is -3.74. The number of nitrogens with one attached hydrogen (secondary N) is 2. The van der Waals surface area contributed by atoms with Gasteiger partial charge in [-0.25, -0.2) is 0 Å². The van der Waals surface area contributed by atoms with Crippen LogP contribution in [0.2, 0.25) is 0 Å². The van der Waals surface area contributed by atoms with Gasteiger partial charge in [-0.15, -0.1) is 0 Å². The van der Waals surface area contributed by atoms with Crippen molar-refractivity contribution in [2.75, 3.05) is 17.2 Å². The molecule has 29 heavy (non-hydrogen) atoms. The second-order valence-electron chi connectivity index (χ2n) is 6.17. The van der Waals surface area contributed by atoms with Crippen molar-refractivity contribution in [2.45, 2.75) is 20.5 Å². The Morgan fingerprint density at radius 2 is 1.41 bits per heavy atom. The molecule has 2 amide bonds. The van der Waals surface area contributed by atoms with E-state index in [0.29, 0.717) is 29.5 Å². The van der Waals surface area contributed by atoms with E-state index >= 15 is 0 Å². The molecule has 1 heterocycles. The monoisotopic (exact) mass is 394 g/mol. The molecule has 0 atom stereocenters. The van der Waals surface area contributed by atoms with E-state index in [1.165, 1.54) is 6.92 Å². The van der Waals surface area contributed by atoms with Gasteiger partial charge in [-0.1, -0.05) is 0 Å². The van der Waals surface area contributed by atoms with Crippen LogP contribution in [0, 0.1) is 0 Å². The molecular formula is C22H22N2O5. The van der Waals surface area contributed by atoms with E-state index in [9.17, 15) is 9.59 Å². The Bertz CT molecular complexity index is 962. The molecule has 0 bridgehead atoms. The average Bonchev–Trinajstić information content (AvgIpc) is 3.18. The van der Waals surface area contributed by atoms with Gasteiger partial charge in [0.25, 0.3) is 5.91 Å². The van der Waals surface area contributed by atoms with Gasteiger partial charge < -0.3 is 24.5 Å². The van der Waals surface area contributed by atoms with Crippen molar-refractivity contribution in [3.05, 3.63) is 72.2 Å². The van der Waals surface area contributed by atoms with Crippen molar-refractivity contribution in [3.63, 3.8) is 0 Å². The number of amides is 2. The summed E-state index contributed by atoms with van der Waals surface area (Å²) in [7, 11) is 0. The number of hydrogen-bond donors (Lipinski definition) is 2. The van der Waals surface area contributed by atoms with Crippen LogP contribution in [0.5, 0.6) is 11.5 Å². The molecule has 7 nitrogen and oxygen atoms in total. The number of anilines is 2. The second kappa shape index (κ2) is 9.45. The molecule has 7 heteroatoms. The maximum Gasteiger partial charge on any atom is 0.291 e. The molecule has 0 aliphatic carbocycles. The van der Waals surface area contributed by atoms with Gasteiger partial charge >= 0.3 is 0 Å². The summed E-state index contributed by atoms with van der Waals surface area (Å²) >= 11 is 0. The molecule has 2 aromatic carbocycles. The molecule has 150 valence electrons. The minimum absolute atomic E-state index is 0.155. The number of carbonyl (C=O) groups excluding carboxylic acids is 2. The first kappa shape index (κ1) is 20.0. The second-order valence-corrected chi connectivity index (χ2v) is 6.17. The maximum atomic E-state index is 12.3. The van der Waals surface area contributed by atoms with Crippen LogP contribution in [0.15, 0.2) is 65.1 Å². The van der Waals surface area contributed by atoms with E-state index in [1.54, 1.807) is 36.4 Å². The van der Waals surface area contributed by atoms with E-state index in [0.717, 1.165) is 5.75 Å². The van der Waals surface area contributed by atoms with Crippen LogP contribution < -0.4 is 20.1 Å². The lowest BCUT2D eigenvalue weighted by Crippen LogP contribution is -2.11. The quantitative estimate of drug-likeness (QED) is 0.588. The Labute approximate surface area is 168 Å². The Kier molecular flexibility index (Phi) is 6.52. The van der Waals surface area contributed by atoms with Gasteiger partial charge in [0.15, 0.2) is 5.76 Å². The van der Waals surface area contributed by atoms with Gasteiger partial charge in [-0.3, -0.25) is 9.59 Å². The largest absolute Gasteiger partial charge is 0.494 e. The minimum atomic E-state index is -0.371. The van der Waals surface area contributed by atoms with Crippen LogP contribution in [0.4, 0.5) is 11.4 Å². The molecule has 0 radical (unpaired) electrons. The molecule has 0 spiro atoms. The molecule has 0 saturated heterocycles. The summed E-state index contributed by atoms with van der Waals surface area (Å²) in [5.74, 6) is 1.64. The molecule has 3 aromatic rings. The number of benzene rings is 2. The van der Waals surface area contributed by atoms with Gasteiger partial charge in [0.2, 0.25) is 5.91 Å². The van der Waals surface area contributed by atoms with Crippen molar-refractivity contribution in [1.29, 1.82) is 0 Å². The highest BCUT2D eigenvalue weighted by molar-refractivity contribution is 6.02. The first-order valence-electron chi connectivity index (χ1n) is 9.17. The zero-order valence-corrected chi connectivity index (χ0v) is 16.2. The summed E-state index contributed by atoms with van der Waals surface area (Å²) in [5.41, 5.74) is 1.25. The van der Waals surface area contributed by atoms with Gasteiger partial charge in [0.05, 0.1) is 6.61 Å². The van der Waals surface area contributed by atoms with E-state index < -0.39 is 0 Å². The van der Waals surface area contributed by atoms with Crippen LogP contribution in [0.25, 0.3) is 0 Å². The summed E-state index contributed by atoms with van der Waals surface area (Å²) in [4.78, 5) is 23.4. The normalized spacial score (nSPS) is 10.3. The third kappa shape index (κ3) is 5.87. The maximum absolute atomic E-state index is 12.3. The fraction of sp³-hybridized carbons (Fsp3) is 0.182. The molecule has 1 aromatic heterocycles. The highest BCUT2D eigenvalue weighted by Crippen LogP contribution is 2.20. The average molecular weight is 394 g/mol. The third-order valence-electron chi connectivity index (χ3n) is 3.86. The lowest BCUT2D eigenvalue weighted by atomic mass is 10.2. The lowest BCUT2D eigenvalue weighted by molar-refractivity contribution is -0.114. The highest BCUT2D eigenvalue weighted by Gasteiger charge is 2.12. The van der Waals surface area contributed by atoms with Gasteiger partial charge in [-0.2, -0.15) is 0 Å². The predicted molar refractivity (Wildman–Crippen MR) is 109 cm³/mol. The SMILES string of the molecule is CCOc1ccc(OCc2ccc(C(=O)Nc3ccc(NC(C)=O)cc3)o2)cc1. The minimum Gasteiger partial charge on any atom is -0.494 e. The summed E-state index contributed by atoms with van der Waals surface area (Å²) in [6.45, 7) is 4.17. The van der Waals surface area contributed by atoms with Crippen LogP contribution in [-0.2, 0) is 11.4 Å². The highest BCUT2D eigenvalue weighted by atomic mass is 16.5. The van der Waals surface area contributed by atoms with Gasteiger partial charge in [0.1, 0.15) is 23.9 Å². The van der Waals surface area contributed by atoms with Crippen LogP contribution >= 0.6 is 0 Å². The molecule has 0 saturated carbocycles. The summed E-state index contributed by atoms with van der Waals surface area (Å²) in [5, 5.41) is 5.41. The summed E-state index contributed by atoms with van der Waals surface area (Å²) in [6, 6.07) is 17.4. The molecule has 0 unspecified atom stereocenters. The van der Waals surface area contributed by atoms with Crippen molar-refractivity contribution in [1.82, 2.24) is 0 Å². The molecule has 2 N–H and O–H groups in total. The van der Waals surface area contributed by atoms with Gasteiger partial charge in [-0.05, 0) is 67.6 Å². The number of hydrogen-bond acceptors (Lipinski definition) is 5. The van der Waals surface area contributed by atoms with Crippen LogP contribution in [0.3, 0.4) is 0 Å². The predicted octanol–water partition coefficient (Wildman–Crippen LogP) is 4.47. The van der Waals surface area contributed by atoms with E-state index in [-0.39, 0.29) is 24.2 Å². The molecule has 0 fully saturated rings. The van der Waals surface area contributed by atoms with Crippen molar-refractivity contribution >= 4 is 23.2 Å².